The number of aliphatic hydroxyl groups excluding tert-OH is 1. The van der Waals surface area contributed by atoms with Crippen LogP contribution in [0.15, 0.2) is 12.1 Å². The maximum atomic E-state index is 9.59. The molecule has 0 aliphatic rings. The fourth-order valence-corrected chi connectivity index (χ4v) is 4.92. The lowest BCUT2D eigenvalue weighted by Gasteiger charge is -2.15. The van der Waals surface area contributed by atoms with Crippen molar-refractivity contribution in [3.63, 3.8) is 0 Å². The minimum absolute atomic E-state index is 0.665. The number of rotatable bonds is 4. The summed E-state index contributed by atoms with van der Waals surface area (Å²) in [4.78, 5) is 0. The van der Waals surface area contributed by atoms with Crippen molar-refractivity contribution in [3.8, 4) is 5.75 Å². The zero-order chi connectivity index (χ0) is 11.4. The topological polar surface area (TPSA) is 29.5 Å². The van der Waals surface area contributed by atoms with Crippen LogP contribution in [-0.4, -0.2) is 11.4 Å². The Kier molecular flexibility index (Phi) is 6.45. The molecule has 5 heteroatoms. The third kappa shape index (κ3) is 4.50. The van der Waals surface area contributed by atoms with Crippen LogP contribution in [-0.2, 0) is 0 Å². The van der Waals surface area contributed by atoms with Crippen LogP contribution in [0.4, 0.5) is 0 Å². The van der Waals surface area contributed by atoms with E-state index in [0.29, 0.717) is 6.42 Å². The molecule has 1 unspecified atom stereocenters. The molecule has 1 aromatic carbocycles. The number of benzene rings is 1. The van der Waals surface area contributed by atoms with Gasteiger partial charge in [0.05, 0.1) is 7.14 Å². The first-order valence-electron chi connectivity index (χ1n) is 4.54. The molecule has 0 bridgehead atoms. The number of ether oxygens (including phenoxy) is 1. The molecule has 15 heavy (non-hydrogen) atoms. The van der Waals surface area contributed by atoms with E-state index in [9.17, 15) is 5.11 Å². The first kappa shape index (κ1) is 14.2. The predicted octanol–water partition coefficient (Wildman–Crippen LogP) is 4.00. The van der Waals surface area contributed by atoms with Crippen molar-refractivity contribution in [1.29, 1.82) is 0 Å². The van der Waals surface area contributed by atoms with Gasteiger partial charge in [-0.25, -0.2) is 0 Å². The molecule has 1 atom stereocenters. The second-order valence-corrected chi connectivity index (χ2v) is 6.63. The summed E-state index contributed by atoms with van der Waals surface area (Å²) in [6, 6.07) is 4.08. The molecule has 84 valence electrons. The molecule has 0 aliphatic heterocycles. The van der Waals surface area contributed by atoms with Gasteiger partial charge < -0.3 is 9.84 Å². The number of hydrogen-bond donors (Lipinski definition) is 1. The highest BCUT2D eigenvalue weighted by molar-refractivity contribution is 14.1. The number of halogens is 3. The van der Waals surface area contributed by atoms with Crippen LogP contribution in [0, 0.1) is 10.7 Å². The molecule has 0 heterocycles. The lowest BCUT2D eigenvalue weighted by atomic mass is 10.3. The van der Waals surface area contributed by atoms with E-state index in [0.717, 1.165) is 19.3 Å². The van der Waals surface area contributed by atoms with E-state index in [1.54, 1.807) is 0 Å². The molecular weight excluding hydrogens is 533 g/mol. The Hall–Kier alpha value is 1.17. The highest BCUT2D eigenvalue weighted by Gasteiger charge is 2.12. The third-order valence-electron chi connectivity index (χ3n) is 1.75. The monoisotopic (exact) mass is 544 g/mol. The maximum absolute atomic E-state index is 9.59. The molecule has 2 nitrogen and oxygen atoms in total. The van der Waals surface area contributed by atoms with E-state index in [1.807, 2.05) is 19.1 Å². The third-order valence-corrected chi connectivity index (χ3v) is 3.98. The second-order valence-electron chi connectivity index (χ2n) is 3.06. The van der Waals surface area contributed by atoms with Crippen molar-refractivity contribution >= 4 is 67.8 Å². The summed E-state index contributed by atoms with van der Waals surface area (Å²) in [5.41, 5.74) is 0. The van der Waals surface area contributed by atoms with E-state index < -0.39 is 6.29 Å². The zero-order valence-electron chi connectivity index (χ0n) is 8.14. The van der Waals surface area contributed by atoms with Gasteiger partial charge in [0.1, 0.15) is 5.75 Å². The van der Waals surface area contributed by atoms with Gasteiger partial charge in [0.25, 0.3) is 0 Å². The Balaban J connectivity index is 2.85. The van der Waals surface area contributed by atoms with Crippen LogP contribution in [0.25, 0.3) is 0 Å². The Morgan fingerprint density at radius 2 is 1.80 bits per heavy atom. The van der Waals surface area contributed by atoms with Gasteiger partial charge in [-0.2, -0.15) is 0 Å². The first-order valence-corrected chi connectivity index (χ1v) is 7.77. The number of hydrogen-bond acceptors (Lipinski definition) is 2. The molecule has 1 N–H and O–H groups in total. The minimum Gasteiger partial charge on any atom is -0.463 e. The van der Waals surface area contributed by atoms with Crippen molar-refractivity contribution in [2.45, 2.75) is 26.1 Å². The quantitative estimate of drug-likeness (QED) is 0.460. The fourth-order valence-electron chi connectivity index (χ4n) is 1.08. The molecule has 1 aromatic rings. The molecule has 0 amide bonds. The Morgan fingerprint density at radius 3 is 2.27 bits per heavy atom. The molecule has 0 saturated heterocycles. The highest BCUT2D eigenvalue weighted by Crippen LogP contribution is 2.30. The highest BCUT2D eigenvalue weighted by atomic mass is 127. The van der Waals surface area contributed by atoms with Crippen molar-refractivity contribution in [3.05, 3.63) is 22.8 Å². The Bertz CT molecular complexity index is 318. The van der Waals surface area contributed by atoms with Gasteiger partial charge in [0, 0.05) is 9.99 Å². The lowest BCUT2D eigenvalue weighted by molar-refractivity contribution is -0.0245. The zero-order valence-corrected chi connectivity index (χ0v) is 14.6. The van der Waals surface area contributed by atoms with Gasteiger partial charge in [0.2, 0.25) is 0 Å². The van der Waals surface area contributed by atoms with Gasteiger partial charge in [-0.15, -0.1) is 0 Å². The summed E-state index contributed by atoms with van der Waals surface area (Å²) in [6.07, 6.45) is 0.883. The predicted molar refractivity (Wildman–Crippen MR) is 86.1 cm³/mol. The van der Waals surface area contributed by atoms with Crippen LogP contribution in [0.3, 0.4) is 0 Å². The lowest BCUT2D eigenvalue weighted by Crippen LogP contribution is -2.16. The summed E-state index contributed by atoms with van der Waals surface area (Å²) < 4.78 is 8.77. The van der Waals surface area contributed by atoms with Crippen molar-refractivity contribution in [2.24, 2.45) is 0 Å². The van der Waals surface area contributed by atoms with E-state index in [4.69, 9.17) is 4.74 Å². The molecule has 1 rings (SSSR count). The molecule has 0 radical (unpaired) electrons. The van der Waals surface area contributed by atoms with Gasteiger partial charge in [-0.1, -0.05) is 13.3 Å². The van der Waals surface area contributed by atoms with Gasteiger partial charge >= 0.3 is 0 Å². The van der Waals surface area contributed by atoms with E-state index in [-0.39, 0.29) is 0 Å². The van der Waals surface area contributed by atoms with Crippen LogP contribution in [0.5, 0.6) is 5.75 Å². The van der Waals surface area contributed by atoms with Crippen molar-refractivity contribution in [2.75, 3.05) is 0 Å². The van der Waals surface area contributed by atoms with Crippen LogP contribution < -0.4 is 4.74 Å². The molecule has 0 fully saturated rings. The minimum atomic E-state index is -0.697. The van der Waals surface area contributed by atoms with E-state index in [2.05, 4.69) is 67.8 Å². The largest absolute Gasteiger partial charge is 0.463 e. The SMILES string of the molecule is CCCC(O)Oc1c(I)cc(I)cc1I. The van der Waals surface area contributed by atoms with Crippen LogP contribution >= 0.6 is 67.8 Å². The van der Waals surface area contributed by atoms with Crippen molar-refractivity contribution < 1.29 is 9.84 Å². The van der Waals surface area contributed by atoms with E-state index in [1.165, 1.54) is 3.57 Å². The molecule has 0 aromatic heterocycles. The summed E-state index contributed by atoms with van der Waals surface area (Å²) in [7, 11) is 0. The van der Waals surface area contributed by atoms with Crippen molar-refractivity contribution in [1.82, 2.24) is 0 Å². The summed E-state index contributed by atoms with van der Waals surface area (Å²) >= 11 is 6.73. The molecule has 0 spiro atoms. The Morgan fingerprint density at radius 1 is 1.27 bits per heavy atom. The summed E-state index contributed by atoms with van der Waals surface area (Å²) in [5.74, 6) is 0.789. The van der Waals surface area contributed by atoms with Gasteiger partial charge in [0.15, 0.2) is 6.29 Å². The molecule has 0 aliphatic carbocycles. The van der Waals surface area contributed by atoms with Gasteiger partial charge in [-0.05, 0) is 79.9 Å². The van der Waals surface area contributed by atoms with E-state index >= 15 is 0 Å². The second kappa shape index (κ2) is 6.80. The summed E-state index contributed by atoms with van der Waals surface area (Å²) in [6.45, 7) is 2.02. The van der Waals surface area contributed by atoms with Crippen LogP contribution in [0.2, 0.25) is 0 Å². The standard InChI is InChI=1S/C10H11I3O2/c1-2-3-9(14)15-10-7(12)4-6(11)5-8(10)13/h4-5,9,14H,2-3H2,1H3. The average Bonchev–Trinajstić information content (AvgIpc) is 2.11. The smallest absolute Gasteiger partial charge is 0.197 e. The first-order chi connectivity index (χ1) is 7.04. The van der Waals surface area contributed by atoms with Gasteiger partial charge in [-0.3, -0.25) is 0 Å². The fraction of sp³-hybridized carbons (Fsp3) is 0.400. The molecular formula is C10H11I3O2. The summed E-state index contributed by atoms with van der Waals surface area (Å²) in [5, 5.41) is 9.59. The number of aliphatic hydroxyl groups is 1. The normalized spacial score (nSPS) is 12.6. The maximum Gasteiger partial charge on any atom is 0.197 e. The average molecular weight is 544 g/mol. The van der Waals surface area contributed by atoms with Crippen LogP contribution in [0.1, 0.15) is 19.8 Å². The Labute approximate surface area is 131 Å². The molecule has 0 saturated carbocycles.